The Kier molecular flexibility index (Phi) is 3.81. The van der Waals surface area contributed by atoms with Crippen LogP contribution in [-0.2, 0) is 0 Å². The Morgan fingerprint density at radius 2 is 1.65 bits per heavy atom. The van der Waals surface area contributed by atoms with Crippen LogP contribution in [0.4, 0.5) is 0 Å². The van der Waals surface area contributed by atoms with Gasteiger partial charge in [-0.1, -0.05) is 13.8 Å². The van der Waals surface area contributed by atoms with Crippen LogP contribution in [0.15, 0.2) is 0 Å². The zero-order valence-electron chi connectivity index (χ0n) is 11.2. The van der Waals surface area contributed by atoms with Crippen molar-refractivity contribution in [2.24, 2.45) is 17.3 Å². The van der Waals surface area contributed by atoms with Crippen LogP contribution in [0.3, 0.4) is 0 Å². The van der Waals surface area contributed by atoms with Crippen LogP contribution in [0.5, 0.6) is 0 Å². The Morgan fingerprint density at radius 3 is 2.12 bits per heavy atom. The molecule has 0 radical (unpaired) electrons. The van der Waals surface area contributed by atoms with Crippen LogP contribution in [0.1, 0.15) is 46.0 Å². The third kappa shape index (κ3) is 2.38. The van der Waals surface area contributed by atoms with Gasteiger partial charge >= 0.3 is 0 Å². The fourth-order valence-corrected chi connectivity index (χ4v) is 4.30. The third-order valence-electron chi connectivity index (χ3n) is 5.00. The maximum atomic E-state index is 11.0. The standard InChI is InChI=1S/C14H27NO2/c1-11-7-12(2)9-13(8-11,10-16)14(17)3-5-15-6-4-14/h11-12,15-17H,3-10H2,1-2H3. The zero-order chi connectivity index (χ0) is 12.5. The first kappa shape index (κ1) is 13.3. The van der Waals surface area contributed by atoms with E-state index in [-0.39, 0.29) is 12.0 Å². The number of aliphatic hydroxyl groups excluding tert-OH is 1. The van der Waals surface area contributed by atoms with Crippen molar-refractivity contribution in [3.05, 3.63) is 0 Å². The quantitative estimate of drug-likeness (QED) is 0.687. The van der Waals surface area contributed by atoms with Gasteiger partial charge in [-0.2, -0.15) is 0 Å². The van der Waals surface area contributed by atoms with Crippen molar-refractivity contribution in [2.45, 2.75) is 51.6 Å². The molecule has 1 aliphatic heterocycles. The maximum absolute atomic E-state index is 11.0. The lowest BCUT2D eigenvalue weighted by atomic mass is 9.56. The van der Waals surface area contributed by atoms with Crippen LogP contribution in [-0.4, -0.2) is 35.5 Å². The van der Waals surface area contributed by atoms with Crippen molar-refractivity contribution in [1.29, 1.82) is 0 Å². The summed E-state index contributed by atoms with van der Waals surface area (Å²) in [6, 6.07) is 0. The molecule has 17 heavy (non-hydrogen) atoms. The molecule has 100 valence electrons. The lowest BCUT2D eigenvalue weighted by molar-refractivity contribution is -0.157. The molecule has 2 atom stereocenters. The van der Waals surface area contributed by atoms with E-state index in [4.69, 9.17) is 0 Å². The highest BCUT2D eigenvalue weighted by atomic mass is 16.3. The number of rotatable bonds is 2. The number of nitrogens with one attached hydrogen (secondary N) is 1. The molecule has 1 heterocycles. The average Bonchev–Trinajstić information content (AvgIpc) is 2.28. The van der Waals surface area contributed by atoms with E-state index in [1.165, 1.54) is 6.42 Å². The zero-order valence-corrected chi connectivity index (χ0v) is 11.2. The molecule has 3 N–H and O–H groups in total. The van der Waals surface area contributed by atoms with Crippen molar-refractivity contribution in [3.8, 4) is 0 Å². The first-order valence-corrected chi connectivity index (χ1v) is 7.05. The molecule has 0 spiro atoms. The minimum absolute atomic E-state index is 0.137. The Labute approximate surface area is 105 Å². The predicted octanol–water partition coefficient (Wildman–Crippen LogP) is 1.54. The Morgan fingerprint density at radius 1 is 1.12 bits per heavy atom. The normalized spacial score (nSPS) is 42.4. The van der Waals surface area contributed by atoms with Crippen LogP contribution in [0, 0.1) is 17.3 Å². The molecule has 0 aromatic heterocycles. The van der Waals surface area contributed by atoms with Gasteiger partial charge < -0.3 is 15.5 Å². The van der Waals surface area contributed by atoms with Gasteiger partial charge in [0.15, 0.2) is 0 Å². The molecule has 2 unspecified atom stereocenters. The van der Waals surface area contributed by atoms with E-state index < -0.39 is 5.60 Å². The summed E-state index contributed by atoms with van der Waals surface area (Å²) in [6.07, 6.45) is 4.75. The van der Waals surface area contributed by atoms with E-state index in [2.05, 4.69) is 19.2 Å². The molecular weight excluding hydrogens is 214 g/mol. The fourth-order valence-electron chi connectivity index (χ4n) is 4.30. The van der Waals surface area contributed by atoms with Gasteiger partial charge in [0.2, 0.25) is 0 Å². The van der Waals surface area contributed by atoms with Crippen molar-refractivity contribution in [2.75, 3.05) is 19.7 Å². The summed E-state index contributed by atoms with van der Waals surface area (Å²) in [5.74, 6) is 1.23. The average molecular weight is 241 g/mol. The molecule has 3 heteroatoms. The molecule has 0 aromatic carbocycles. The van der Waals surface area contributed by atoms with E-state index >= 15 is 0 Å². The summed E-state index contributed by atoms with van der Waals surface area (Å²) in [7, 11) is 0. The minimum Gasteiger partial charge on any atom is -0.396 e. The van der Waals surface area contributed by atoms with Gasteiger partial charge in [-0.15, -0.1) is 0 Å². The third-order valence-corrected chi connectivity index (χ3v) is 5.00. The summed E-state index contributed by atoms with van der Waals surface area (Å²) < 4.78 is 0. The largest absolute Gasteiger partial charge is 0.396 e. The van der Waals surface area contributed by atoms with Crippen molar-refractivity contribution >= 4 is 0 Å². The highest BCUT2D eigenvalue weighted by Crippen LogP contribution is 2.51. The van der Waals surface area contributed by atoms with Crippen LogP contribution >= 0.6 is 0 Å². The molecule has 2 rings (SSSR count). The molecule has 0 bridgehead atoms. The molecule has 0 amide bonds. The molecule has 2 fully saturated rings. The lowest BCUT2D eigenvalue weighted by Gasteiger charge is -2.53. The fraction of sp³-hybridized carbons (Fsp3) is 1.00. The predicted molar refractivity (Wildman–Crippen MR) is 68.8 cm³/mol. The number of hydrogen-bond donors (Lipinski definition) is 3. The summed E-state index contributed by atoms with van der Waals surface area (Å²) in [6.45, 7) is 6.40. The summed E-state index contributed by atoms with van der Waals surface area (Å²) in [5.41, 5.74) is -0.915. The number of piperidine rings is 1. The molecule has 1 saturated heterocycles. The van der Waals surface area contributed by atoms with E-state index in [9.17, 15) is 10.2 Å². The second-order valence-corrected chi connectivity index (χ2v) is 6.57. The molecule has 2 aliphatic rings. The highest BCUT2D eigenvalue weighted by Gasteiger charge is 2.52. The monoisotopic (exact) mass is 241 g/mol. The van der Waals surface area contributed by atoms with Gasteiger partial charge in [-0.25, -0.2) is 0 Å². The van der Waals surface area contributed by atoms with Crippen LogP contribution in [0.25, 0.3) is 0 Å². The van der Waals surface area contributed by atoms with Gasteiger partial charge in [-0.3, -0.25) is 0 Å². The first-order valence-electron chi connectivity index (χ1n) is 7.05. The Hall–Kier alpha value is -0.120. The van der Waals surface area contributed by atoms with Crippen LogP contribution in [0.2, 0.25) is 0 Å². The lowest BCUT2D eigenvalue weighted by Crippen LogP contribution is -2.58. The maximum Gasteiger partial charge on any atom is 0.0750 e. The Balaban J connectivity index is 2.22. The number of aliphatic hydroxyl groups is 2. The van der Waals surface area contributed by atoms with Gasteiger partial charge in [-0.05, 0) is 57.0 Å². The molecule has 0 aromatic rings. The second kappa shape index (κ2) is 4.87. The van der Waals surface area contributed by atoms with E-state index in [1.807, 2.05) is 0 Å². The van der Waals surface area contributed by atoms with Crippen molar-refractivity contribution in [1.82, 2.24) is 5.32 Å². The summed E-state index contributed by atoms with van der Waals surface area (Å²) in [5, 5.41) is 24.2. The smallest absolute Gasteiger partial charge is 0.0750 e. The van der Waals surface area contributed by atoms with Gasteiger partial charge in [0.25, 0.3) is 0 Å². The van der Waals surface area contributed by atoms with Crippen molar-refractivity contribution in [3.63, 3.8) is 0 Å². The SMILES string of the molecule is CC1CC(C)CC(CO)(C2(O)CCNCC2)C1. The molecule has 3 nitrogen and oxygen atoms in total. The topological polar surface area (TPSA) is 52.5 Å². The first-order chi connectivity index (χ1) is 8.01. The molecular formula is C14H27NO2. The van der Waals surface area contributed by atoms with E-state index in [0.29, 0.717) is 11.8 Å². The van der Waals surface area contributed by atoms with Gasteiger partial charge in [0.05, 0.1) is 12.2 Å². The van der Waals surface area contributed by atoms with E-state index in [1.54, 1.807) is 0 Å². The highest BCUT2D eigenvalue weighted by molar-refractivity contribution is 5.04. The van der Waals surface area contributed by atoms with E-state index in [0.717, 1.165) is 38.8 Å². The molecule has 1 aliphatic carbocycles. The molecule has 1 saturated carbocycles. The van der Waals surface area contributed by atoms with Crippen LogP contribution < -0.4 is 5.32 Å². The van der Waals surface area contributed by atoms with Gasteiger partial charge in [0.1, 0.15) is 0 Å². The van der Waals surface area contributed by atoms with Gasteiger partial charge in [0, 0.05) is 5.41 Å². The Bertz CT molecular complexity index is 251. The summed E-state index contributed by atoms with van der Waals surface area (Å²) in [4.78, 5) is 0. The minimum atomic E-state index is -0.657. The second-order valence-electron chi connectivity index (χ2n) is 6.57. The van der Waals surface area contributed by atoms with Crippen molar-refractivity contribution < 1.29 is 10.2 Å². The summed E-state index contributed by atoms with van der Waals surface area (Å²) >= 11 is 0. The number of hydrogen-bond acceptors (Lipinski definition) is 3.